The number of nitrogens with one attached hydrogen (secondary N) is 2. The van der Waals surface area contributed by atoms with Crippen molar-refractivity contribution in [3.63, 3.8) is 0 Å². The van der Waals surface area contributed by atoms with Crippen LogP contribution in [0.3, 0.4) is 0 Å². The first-order valence-corrected chi connectivity index (χ1v) is 8.39. The lowest BCUT2D eigenvalue weighted by Crippen LogP contribution is -2.36. The molecule has 0 spiro atoms. The summed E-state index contributed by atoms with van der Waals surface area (Å²) in [6.45, 7) is 4.03. The molecule has 0 heterocycles. The Morgan fingerprint density at radius 3 is 2.86 bits per heavy atom. The van der Waals surface area contributed by atoms with Gasteiger partial charge in [0.1, 0.15) is 0 Å². The molecule has 2 N–H and O–H groups in total. The van der Waals surface area contributed by atoms with E-state index in [2.05, 4.69) is 45.6 Å². The van der Waals surface area contributed by atoms with Gasteiger partial charge < -0.3 is 15.5 Å². The Bertz CT molecular complexity index is 488. The Morgan fingerprint density at radius 2 is 2.19 bits per heavy atom. The fourth-order valence-electron chi connectivity index (χ4n) is 2.23. The van der Waals surface area contributed by atoms with Crippen molar-refractivity contribution < 1.29 is 4.79 Å². The quantitative estimate of drug-likeness (QED) is 0.755. The molecule has 1 saturated carbocycles. The van der Waals surface area contributed by atoms with E-state index < -0.39 is 0 Å². The van der Waals surface area contributed by atoms with Crippen molar-refractivity contribution in [1.82, 2.24) is 10.6 Å². The average Bonchev–Trinajstić information content (AvgIpc) is 3.27. The zero-order chi connectivity index (χ0) is 15.2. The molecule has 0 aromatic heterocycles. The van der Waals surface area contributed by atoms with Crippen LogP contribution in [0.2, 0.25) is 0 Å². The maximum Gasteiger partial charge on any atom is 0.239 e. The van der Waals surface area contributed by atoms with Gasteiger partial charge in [-0.1, -0.05) is 22.9 Å². The van der Waals surface area contributed by atoms with Crippen molar-refractivity contribution in [1.29, 1.82) is 0 Å². The molecule has 4 nitrogen and oxygen atoms in total. The molecule has 0 aliphatic heterocycles. The molecule has 1 amide bonds. The summed E-state index contributed by atoms with van der Waals surface area (Å²) in [5.74, 6) is 0.0726. The molecule has 0 bridgehead atoms. The molecule has 0 saturated heterocycles. The van der Waals surface area contributed by atoms with Gasteiger partial charge in [-0.2, -0.15) is 0 Å². The minimum absolute atomic E-state index is 0.0726. The lowest BCUT2D eigenvalue weighted by atomic mass is 10.1. The predicted molar refractivity (Wildman–Crippen MR) is 90.6 cm³/mol. The third-order valence-corrected chi connectivity index (χ3v) is 4.06. The summed E-state index contributed by atoms with van der Waals surface area (Å²) in [5.41, 5.74) is 2.33. The normalized spacial score (nSPS) is 14.0. The van der Waals surface area contributed by atoms with Crippen molar-refractivity contribution in [2.24, 2.45) is 0 Å². The smallest absolute Gasteiger partial charge is 0.239 e. The molecule has 21 heavy (non-hydrogen) atoms. The topological polar surface area (TPSA) is 44.4 Å². The van der Waals surface area contributed by atoms with Gasteiger partial charge in [0.15, 0.2) is 0 Å². The highest BCUT2D eigenvalue weighted by Gasteiger charge is 2.21. The van der Waals surface area contributed by atoms with E-state index in [1.807, 2.05) is 18.0 Å². The largest absolute Gasteiger partial charge is 0.365 e. The van der Waals surface area contributed by atoms with Crippen molar-refractivity contribution in [2.45, 2.75) is 38.8 Å². The Labute approximate surface area is 135 Å². The van der Waals surface area contributed by atoms with E-state index in [0.29, 0.717) is 12.6 Å². The number of anilines is 1. The summed E-state index contributed by atoms with van der Waals surface area (Å²) >= 11 is 3.53. The lowest BCUT2D eigenvalue weighted by molar-refractivity contribution is -0.119. The van der Waals surface area contributed by atoms with E-state index in [0.717, 1.165) is 29.7 Å². The van der Waals surface area contributed by atoms with Crippen LogP contribution in [0.15, 0.2) is 22.7 Å². The van der Waals surface area contributed by atoms with Crippen LogP contribution in [-0.2, 0) is 11.3 Å². The van der Waals surface area contributed by atoms with Gasteiger partial charge in [0, 0.05) is 36.3 Å². The molecule has 116 valence electrons. The number of hydrogen-bond acceptors (Lipinski definition) is 3. The van der Waals surface area contributed by atoms with Crippen molar-refractivity contribution in [3.05, 3.63) is 28.2 Å². The van der Waals surface area contributed by atoms with Gasteiger partial charge in [0.2, 0.25) is 5.91 Å². The molecule has 1 fully saturated rings. The number of carbonyl (C=O) groups is 1. The van der Waals surface area contributed by atoms with E-state index in [1.165, 1.54) is 18.4 Å². The molecular formula is C16H24BrN3O. The van der Waals surface area contributed by atoms with E-state index in [9.17, 15) is 4.79 Å². The number of likely N-dealkylation sites (N-methyl/N-ethyl adjacent to an activating group) is 1. The summed E-state index contributed by atoms with van der Waals surface area (Å²) in [4.78, 5) is 13.9. The van der Waals surface area contributed by atoms with E-state index in [4.69, 9.17) is 0 Å². The Balaban J connectivity index is 2.00. The van der Waals surface area contributed by atoms with E-state index in [1.54, 1.807) is 0 Å². The lowest BCUT2D eigenvalue weighted by Gasteiger charge is -2.22. The molecule has 0 unspecified atom stereocenters. The molecule has 1 aliphatic carbocycles. The molecular weight excluding hydrogens is 330 g/mol. The van der Waals surface area contributed by atoms with Gasteiger partial charge in [0.05, 0.1) is 6.54 Å². The fourth-order valence-corrected chi connectivity index (χ4v) is 2.64. The zero-order valence-electron chi connectivity index (χ0n) is 12.8. The fraction of sp³-hybridized carbons (Fsp3) is 0.562. The van der Waals surface area contributed by atoms with Gasteiger partial charge >= 0.3 is 0 Å². The van der Waals surface area contributed by atoms with E-state index in [-0.39, 0.29) is 5.91 Å². The SMILES string of the molecule is CCCNC(=O)CN(C)c1ccc(Br)cc1CNC1CC1. The first-order valence-electron chi connectivity index (χ1n) is 7.59. The maximum absolute atomic E-state index is 11.9. The highest BCUT2D eigenvalue weighted by molar-refractivity contribution is 9.10. The molecule has 1 aromatic carbocycles. The molecule has 2 rings (SSSR count). The number of nitrogens with zero attached hydrogens (tertiary/aromatic N) is 1. The minimum atomic E-state index is 0.0726. The number of rotatable bonds is 8. The highest BCUT2D eigenvalue weighted by Crippen LogP contribution is 2.26. The summed E-state index contributed by atoms with van der Waals surface area (Å²) in [6, 6.07) is 6.90. The number of halogens is 1. The minimum Gasteiger partial charge on any atom is -0.365 e. The van der Waals surface area contributed by atoms with Crippen LogP contribution in [-0.4, -0.2) is 32.1 Å². The van der Waals surface area contributed by atoms with Crippen LogP contribution in [0, 0.1) is 0 Å². The second-order valence-electron chi connectivity index (χ2n) is 5.63. The molecule has 0 radical (unpaired) electrons. The first-order chi connectivity index (χ1) is 10.1. The average molecular weight is 354 g/mol. The highest BCUT2D eigenvalue weighted by atomic mass is 79.9. The van der Waals surface area contributed by atoms with Crippen LogP contribution >= 0.6 is 15.9 Å². The summed E-state index contributed by atoms with van der Waals surface area (Å²) < 4.78 is 1.07. The van der Waals surface area contributed by atoms with Gasteiger partial charge in [-0.15, -0.1) is 0 Å². The maximum atomic E-state index is 11.9. The number of amides is 1. The van der Waals surface area contributed by atoms with Crippen LogP contribution < -0.4 is 15.5 Å². The summed E-state index contributed by atoms with van der Waals surface area (Å²) in [6.07, 6.45) is 3.52. The molecule has 5 heteroatoms. The van der Waals surface area contributed by atoms with Crippen LogP contribution in [0.5, 0.6) is 0 Å². The van der Waals surface area contributed by atoms with Gasteiger partial charge in [0.25, 0.3) is 0 Å². The second kappa shape index (κ2) is 7.80. The van der Waals surface area contributed by atoms with Crippen molar-refractivity contribution in [2.75, 3.05) is 25.0 Å². The van der Waals surface area contributed by atoms with E-state index >= 15 is 0 Å². The molecule has 0 atom stereocenters. The standard InChI is InChI=1S/C16H24BrN3O/c1-3-8-18-16(21)11-20(2)15-7-4-13(17)9-12(15)10-19-14-5-6-14/h4,7,9,14,19H,3,5-6,8,10-11H2,1-2H3,(H,18,21). The Kier molecular flexibility index (Phi) is 6.06. The first kappa shape index (κ1) is 16.3. The van der Waals surface area contributed by atoms with Gasteiger partial charge in [-0.25, -0.2) is 0 Å². The Hall–Kier alpha value is -1.07. The van der Waals surface area contributed by atoms with Crippen molar-refractivity contribution >= 4 is 27.5 Å². The van der Waals surface area contributed by atoms with Crippen molar-refractivity contribution in [3.8, 4) is 0 Å². The van der Waals surface area contributed by atoms with Gasteiger partial charge in [-0.05, 0) is 43.0 Å². The third kappa shape index (κ3) is 5.32. The number of carbonyl (C=O) groups excluding carboxylic acids is 1. The number of hydrogen-bond donors (Lipinski definition) is 2. The van der Waals surface area contributed by atoms with Crippen LogP contribution in [0.25, 0.3) is 0 Å². The molecule has 1 aromatic rings. The zero-order valence-corrected chi connectivity index (χ0v) is 14.4. The van der Waals surface area contributed by atoms with Crippen LogP contribution in [0.1, 0.15) is 31.7 Å². The predicted octanol–water partition coefficient (Wildman–Crippen LogP) is 2.66. The monoisotopic (exact) mass is 353 g/mol. The Morgan fingerprint density at radius 1 is 1.43 bits per heavy atom. The third-order valence-electron chi connectivity index (χ3n) is 3.56. The van der Waals surface area contributed by atoms with Crippen LogP contribution in [0.4, 0.5) is 5.69 Å². The second-order valence-corrected chi connectivity index (χ2v) is 6.55. The summed E-state index contributed by atoms with van der Waals surface area (Å²) in [7, 11) is 1.97. The van der Waals surface area contributed by atoms with Gasteiger partial charge in [-0.3, -0.25) is 4.79 Å². The summed E-state index contributed by atoms with van der Waals surface area (Å²) in [5, 5.41) is 6.45. The number of benzene rings is 1. The molecule has 1 aliphatic rings.